The molecule has 0 radical (unpaired) electrons. The standard InChI is InChI=1S/C18H24N2O/c1-3-17(19)18(15-7-5-4-6-8-15)20-13-14-9-11-16(21-2)12-10-14/h4-12,17-18,20H,3,13,19H2,1-2H3/t17-,18+/m1/s1. The summed E-state index contributed by atoms with van der Waals surface area (Å²) in [6, 6.07) is 18.8. The van der Waals surface area contributed by atoms with Crippen molar-refractivity contribution in [2.24, 2.45) is 5.73 Å². The molecule has 0 aliphatic heterocycles. The molecule has 0 saturated heterocycles. The monoisotopic (exact) mass is 284 g/mol. The molecule has 0 fully saturated rings. The lowest BCUT2D eigenvalue weighted by atomic mass is 9.98. The maximum Gasteiger partial charge on any atom is 0.118 e. The SMILES string of the molecule is CC[C@@H](N)[C@@H](NCc1ccc(OC)cc1)c1ccccc1. The van der Waals surface area contributed by atoms with Crippen LogP contribution in [-0.4, -0.2) is 13.2 Å². The Morgan fingerprint density at radius 2 is 1.71 bits per heavy atom. The largest absolute Gasteiger partial charge is 0.497 e. The summed E-state index contributed by atoms with van der Waals surface area (Å²) in [5.74, 6) is 0.878. The van der Waals surface area contributed by atoms with E-state index in [1.165, 1.54) is 11.1 Å². The van der Waals surface area contributed by atoms with Crippen LogP contribution in [0.1, 0.15) is 30.5 Å². The summed E-state index contributed by atoms with van der Waals surface area (Å²) < 4.78 is 5.18. The minimum Gasteiger partial charge on any atom is -0.497 e. The highest BCUT2D eigenvalue weighted by molar-refractivity contribution is 5.27. The topological polar surface area (TPSA) is 47.3 Å². The van der Waals surface area contributed by atoms with Crippen molar-refractivity contribution in [2.75, 3.05) is 7.11 Å². The highest BCUT2D eigenvalue weighted by Crippen LogP contribution is 2.19. The minimum atomic E-state index is 0.102. The van der Waals surface area contributed by atoms with Crippen LogP contribution < -0.4 is 15.8 Å². The summed E-state index contributed by atoms with van der Waals surface area (Å²) >= 11 is 0. The quantitative estimate of drug-likeness (QED) is 0.820. The van der Waals surface area contributed by atoms with Crippen LogP contribution in [0.25, 0.3) is 0 Å². The maximum atomic E-state index is 6.28. The molecule has 0 heterocycles. The van der Waals surface area contributed by atoms with Crippen LogP contribution in [0.4, 0.5) is 0 Å². The maximum absolute atomic E-state index is 6.28. The van der Waals surface area contributed by atoms with Gasteiger partial charge in [-0.25, -0.2) is 0 Å². The molecular weight excluding hydrogens is 260 g/mol. The van der Waals surface area contributed by atoms with E-state index in [1.807, 2.05) is 18.2 Å². The van der Waals surface area contributed by atoms with Crippen LogP contribution >= 0.6 is 0 Å². The average molecular weight is 284 g/mol. The normalized spacial score (nSPS) is 13.7. The van der Waals surface area contributed by atoms with Crippen molar-refractivity contribution < 1.29 is 4.74 Å². The summed E-state index contributed by atoms with van der Waals surface area (Å²) in [6.45, 7) is 2.91. The van der Waals surface area contributed by atoms with E-state index in [9.17, 15) is 0 Å². The van der Waals surface area contributed by atoms with E-state index in [2.05, 4.69) is 48.6 Å². The third-order valence-corrected chi connectivity index (χ3v) is 3.74. The van der Waals surface area contributed by atoms with E-state index in [0.29, 0.717) is 0 Å². The summed E-state index contributed by atoms with van der Waals surface area (Å²) in [6.07, 6.45) is 0.940. The molecule has 21 heavy (non-hydrogen) atoms. The van der Waals surface area contributed by atoms with Crippen molar-refractivity contribution in [1.82, 2.24) is 5.32 Å². The smallest absolute Gasteiger partial charge is 0.118 e. The van der Waals surface area contributed by atoms with Crippen LogP contribution in [0.15, 0.2) is 54.6 Å². The van der Waals surface area contributed by atoms with E-state index in [1.54, 1.807) is 7.11 Å². The van der Waals surface area contributed by atoms with Gasteiger partial charge in [0.05, 0.1) is 7.11 Å². The lowest BCUT2D eigenvalue weighted by Crippen LogP contribution is -2.37. The molecule has 0 unspecified atom stereocenters. The van der Waals surface area contributed by atoms with Crippen molar-refractivity contribution in [1.29, 1.82) is 0 Å². The zero-order chi connectivity index (χ0) is 15.1. The fourth-order valence-electron chi connectivity index (χ4n) is 2.38. The van der Waals surface area contributed by atoms with Gasteiger partial charge < -0.3 is 15.8 Å². The predicted octanol–water partition coefficient (Wildman–Crippen LogP) is 3.26. The van der Waals surface area contributed by atoms with Gasteiger partial charge in [-0.2, -0.15) is 0 Å². The Morgan fingerprint density at radius 3 is 2.29 bits per heavy atom. The zero-order valence-electron chi connectivity index (χ0n) is 12.8. The third-order valence-electron chi connectivity index (χ3n) is 3.74. The average Bonchev–Trinajstić information content (AvgIpc) is 2.56. The molecule has 3 heteroatoms. The van der Waals surface area contributed by atoms with Gasteiger partial charge in [-0.05, 0) is 29.7 Å². The first kappa shape index (κ1) is 15.5. The van der Waals surface area contributed by atoms with Crippen LogP contribution in [0, 0.1) is 0 Å². The summed E-state index contributed by atoms with van der Waals surface area (Å²) in [7, 11) is 1.68. The Balaban J connectivity index is 2.05. The fraction of sp³-hybridized carbons (Fsp3) is 0.333. The van der Waals surface area contributed by atoms with E-state index >= 15 is 0 Å². The second-order valence-corrected chi connectivity index (χ2v) is 5.19. The van der Waals surface area contributed by atoms with E-state index in [4.69, 9.17) is 10.5 Å². The Labute approximate surface area is 127 Å². The van der Waals surface area contributed by atoms with E-state index < -0.39 is 0 Å². The second kappa shape index (κ2) is 7.81. The molecule has 3 N–H and O–H groups in total. The highest BCUT2D eigenvalue weighted by Gasteiger charge is 2.17. The van der Waals surface area contributed by atoms with Crippen molar-refractivity contribution in [3.8, 4) is 5.75 Å². The van der Waals surface area contributed by atoms with Crippen LogP contribution in [-0.2, 0) is 6.54 Å². The zero-order valence-corrected chi connectivity index (χ0v) is 12.8. The third kappa shape index (κ3) is 4.31. The number of hydrogen-bond acceptors (Lipinski definition) is 3. The number of rotatable bonds is 7. The van der Waals surface area contributed by atoms with E-state index in [-0.39, 0.29) is 12.1 Å². The summed E-state index contributed by atoms with van der Waals surface area (Å²) in [5.41, 5.74) is 8.74. The first-order valence-corrected chi connectivity index (χ1v) is 7.41. The van der Waals surface area contributed by atoms with E-state index in [0.717, 1.165) is 18.7 Å². The molecule has 0 aliphatic carbocycles. The number of hydrogen-bond donors (Lipinski definition) is 2. The number of nitrogens with one attached hydrogen (secondary N) is 1. The Hall–Kier alpha value is -1.84. The summed E-state index contributed by atoms with van der Waals surface area (Å²) in [5, 5.41) is 3.57. The van der Waals surface area contributed by atoms with Crippen LogP contribution in [0.5, 0.6) is 5.75 Å². The van der Waals surface area contributed by atoms with Gasteiger partial charge in [0, 0.05) is 18.6 Å². The van der Waals surface area contributed by atoms with Gasteiger partial charge in [0.15, 0.2) is 0 Å². The van der Waals surface area contributed by atoms with Gasteiger partial charge in [-0.1, -0.05) is 49.4 Å². The van der Waals surface area contributed by atoms with Gasteiger partial charge in [-0.15, -0.1) is 0 Å². The molecule has 2 aromatic rings. The van der Waals surface area contributed by atoms with Gasteiger partial charge in [0.25, 0.3) is 0 Å². The predicted molar refractivity (Wildman–Crippen MR) is 87.3 cm³/mol. The molecule has 0 amide bonds. The van der Waals surface area contributed by atoms with Crippen molar-refractivity contribution in [3.05, 3.63) is 65.7 Å². The van der Waals surface area contributed by atoms with Gasteiger partial charge in [-0.3, -0.25) is 0 Å². The Kier molecular flexibility index (Phi) is 5.78. The second-order valence-electron chi connectivity index (χ2n) is 5.19. The van der Waals surface area contributed by atoms with Gasteiger partial charge in [0.2, 0.25) is 0 Å². The lowest BCUT2D eigenvalue weighted by Gasteiger charge is -2.25. The number of nitrogens with two attached hydrogens (primary N) is 1. The first-order chi connectivity index (χ1) is 10.2. The number of methoxy groups -OCH3 is 1. The molecule has 2 aromatic carbocycles. The number of ether oxygens (including phenoxy) is 1. The number of benzene rings is 2. The Bertz CT molecular complexity index is 525. The molecular formula is C18H24N2O. The molecule has 0 aromatic heterocycles. The Morgan fingerprint density at radius 1 is 1.05 bits per heavy atom. The van der Waals surface area contributed by atoms with Crippen molar-refractivity contribution in [3.63, 3.8) is 0 Å². The van der Waals surface area contributed by atoms with Crippen LogP contribution in [0.3, 0.4) is 0 Å². The molecule has 0 aliphatic rings. The molecule has 0 spiro atoms. The summed E-state index contributed by atoms with van der Waals surface area (Å²) in [4.78, 5) is 0. The highest BCUT2D eigenvalue weighted by atomic mass is 16.5. The van der Waals surface area contributed by atoms with Gasteiger partial charge >= 0.3 is 0 Å². The lowest BCUT2D eigenvalue weighted by molar-refractivity contribution is 0.413. The van der Waals surface area contributed by atoms with Crippen molar-refractivity contribution >= 4 is 0 Å². The molecule has 2 rings (SSSR count). The fourth-order valence-corrected chi connectivity index (χ4v) is 2.38. The molecule has 0 saturated carbocycles. The first-order valence-electron chi connectivity index (χ1n) is 7.41. The molecule has 112 valence electrons. The molecule has 0 bridgehead atoms. The van der Waals surface area contributed by atoms with Crippen molar-refractivity contribution in [2.45, 2.75) is 32.0 Å². The van der Waals surface area contributed by atoms with Crippen LogP contribution in [0.2, 0.25) is 0 Å². The van der Waals surface area contributed by atoms with Gasteiger partial charge in [0.1, 0.15) is 5.75 Å². The molecule has 3 nitrogen and oxygen atoms in total. The molecule has 2 atom stereocenters. The minimum absolute atomic E-state index is 0.102.